The third kappa shape index (κ3) is 4.32. The molecule has 0 heterocycles. The van der Waals surface area contributed by atoms with Gasteiger partial charge in [-0.3, -0.25) is 20.4 Å². The van der Waals surface area contributed by atoms with E-state index in [0.717, 1.165) is 12.1 Å². The third-order valence-electron chi connectivity index (χ3n) is 3.16. The van der Waals surface area contributed by atoms with Crippen molar-refractivity contribution in [3.05, 3.63) is 64.4 Å². The summed E-state index contributed by atoms with van der Waals surface area (Å²) in [4.78, 5) is 23.6. The fraction of sp³-hybridized carbons (Fsp3) is 0.0667. The van der Waals surface area contributed by atoms with Gasteiger partial charge in [0, 0.05) is 5.56 Å². The van der Waals surface area contributed by atoms with Crippen LogP contribution in [0, 0.1) is 5.82 Å². The summed E-state index contributed by atoms with van der Waals surface area (Å²) in [5.41, 5.74) is 3.81. The van der Waals surface area contributed by atoms with Crippen LogP contribution in [0.15, 0.2) is 47.4 Å². The SMILES string of the molecule is CNS(=O)(=O)c1cc(C(=O)NNC(=O)c2ccccc2F)ccc1Cl. The maximum absolute atomic E-state index is 13.5. The van der Waals surface area contributed by atoms with E-state index in [0.29, 0.717) is 0 Å². The second-order valence-electron chi connectivity index (χ2n) is 4.74. The van der Waals surface area contributed by atoms with Gasteiger partial charge in [-0.2, -0.15) is 0 Å². The van der Waals surface area contributed by atoms with Gasteiger partial charge in [0.15, 0.2) is 0 Å². The summed E-state index contributed by atoms with van der Waals surface area (Å²) in [6.45, 7) is 0. The summed E-state index contributed by atoms with van der Waals surface area (Å²) in [5, 5.41) is -0.0682. The van der Waals surface area contributed by atoms with Crippen LogP contribution in [0.25, 0.3) is 0 Å². The van der Waals surface area contributed by atoms with Crippen LogP contribution in [-0.2, 0) is 10.0 Å². The molecule has 2 amide bonds. The highest BCUT2D eigenvalue weighted by Crippen LogP contribution is 2.22. The van der Waals surface area contributed by atoms with E-state index in [2.05, 4.69) is 10.1 Å². The van der Waals surface area contributed by atoms with Gasteiger partial charge in [-0.05, 0) is 37.4 Å². The van der Waals surface area contributed by atoms with Gasteiger partial charge in [0.1, 0.15) is 10.7 Å². The van der Waals surface area contributed by atoms with Gasteiger partial charge in [-0.25, -0.2) is 17.5 Å². The number of hydrazine groups is 1. The van der Waals surface area contributed by atoms with Crippen LogP contribution >= 0.6 is 11.6 Å². The number of carbonyl (C=O) groups is 2. The molecule has 3 N–H and O–H groups in total. The molecule has 7 nitrogen and oxygen atoms in total. The number of amides is 2. The van der Waals surface area contributed by atoms with Crippen molar-refractivity contribution in [2.45, 2.75) is 4.90 Å². The molecule has 2 rings (SSSR count). The smallest absolute Gasteiger partial charge is 0.267 e. The lowest BCUT2D eigenvalue weighted by Gasteiger charge is -2.10. The number of hydrogen-bond donors (Lipinski definition) is 3. The van der Waals surface area contributed by atoms with Gasteiger partial charge in [-0.1, -0.05) is 23.7 Å². The molecule has 0 spiro atoms. The zero-order valence-corrected chi connectivity index (χ0v) is 14.4. The van der Waals surface area contributed by atoms with Crippen molar-refractivity contribution in [3.63, 3.8) is 0 Å². The Morgan fingerprint density at radius 1 is 1.04 bits per heavy atom. The molecule has 25 heavy (non-hydrogen) atoms. The molecule has 0 aromatic heterocycles. The predicted molar refractivity (Wildman–Crippen MR) is 89.0 cm³/mol. The normalized spacial score (nSPS) is 11.0. The summed E-state index contributed by atoms with van der Waals surface area (Å²) in [6.07, 6.45) is 0. The minimum absolute atomic E-state index is 0.0629. The lowest BCUT2D eigenvalue weighted by atomic mass is 10.2. The van der Waals surface area contributed by atoms with Crippen LogP contribution in [0.4, 0.5) is 4.39 Å². The second kappa shape index (κ2) is 7.60. The van der Waals surface area contributed by atoms with Crippen LogP contribution in [0.2, 0.25) is 5.02 Å². The number of halogens is 2. The van der Waals surface area contributed by atoms with E-state index in [1.54, 1.807) is 0 Å². The van der Waals surface area contributed by atoms with Crippen molar-refractivity contribution >= 4 is 33.4 Å². The maximum Gasteiger partial charge on any atom is 0.272 e. The Balaban J connectivity index is 2.15. The van der Waals surface area contributed by atoms with Crippen LogP contribution in [-0.4, -0.2) is 27.3 Å². The molecule has 10 heteroatoms. The van der Waals surface area contributed by atoms with Crippen LogP contribution in [0.3, 0.4) is 0 Å². The predicted octanol–water partition coefficient (Wildman–Crippen LogP) is 1.46. The molecule has 132 valence electrons. The average Bonchev–Trinajstić information content (AvgIpc) is 2.60. The lowest BCUT2D eigenvalue weighted by molar-refractivity contribution is 0.0844. The highest BCUT2D eigenvalue weighted by molar-refractivity contribution is 7.89. The summed E-state index contributed by atoms with van der Waals surface area (Å²) in [5.74, 6) is -2.40. The maximum atomic E-state index is 13.5. The van der Waals surface area contributed by atoms with E-state index < -0.39 is 27.7 Å². The van der Waals surface area contributed by atoms with E-state index in [9.17, 15) is 22.4 Å². The summed E-state index contributed by atoms with van der Waals surface area (Å²) < 4.78 is 39.3. The van der Waals surface area contributed by atoms with Gasteiger partial charge < -0.3 is 0 Å². The Kier molecular flexibility index (Phi) is 5.73. The number of hydrogen-bond acceptors (Lipinski definition) is 4. The van der Waals surface area contributed by atoms with E-state index in [1.807, 2.05) is 5.43 Å². The third-order valence-corrected chi connectivity index (χ3v) is 5.06. The fourth-order valence-electron chi connectivity index (χ4n) is 1.86. The van der Waals surface area contributed by atoms with Crippen molar-refractivity contribution in [2.24, 2.45) is 0 Å². The molecule has 0 aliphatic rings. The molecule has 0 aliphatic heterocycles. The molecular weight excluding hydrogens is 373 g/mol. The van der Waals surface area contributed by atoms with Crippen molar-refractivity contribution in [1.29, 1.82) is 0 Å². The van der Waals surface area contributed by atoms with Gasteiger partial charge in [0.2, 0.25) is 10.0 Å². The molecule has 0 bridgehead atoms. The quantitative estimate of drug-likeness (QED) is 0.693. The van der Waals surface area contributed by atoms with Gasteiger partial charge >= 0.3 is 0 Å². The van der Waals surface area contributed by atoms with Crippen molar-refractivity contribution in [1.82, 2.24) is 15.6 Å². The molecule has 0 atom stereocenters. The highest BCUT2D eigenvalue weighted by Gasteiger charge is 2.19. The largest absolute Gasteiger partial charge is 0.272 e. The van der Waals surface area contributed by atoms with Crippen LogP contribution in [0.1, 0.15) is 20.7 Å². The average molecular weight is 386 g/mol. The lowest BCUT2D eigenvalue weighted by Crippen LogP contribution is -2.42. The standard InChI is InChI=1S/C15H13ClFN3O4S/c1-18-25(23,24)13-8-9(6-7-11(13)16)14(21)19-20-15(22)10-4-2-3-5-12(10)17/h2-8,18H,1H3,(H,19,21)(H,20,22). The molecule has 2 aromatic carbocycles. The number of carbonyl (C=O) groups excluding carboxylic acids is 2. The topological polar surface area (TPSA) is 104 Å². The zero-order valence-electron chi connectivity index (χ0n) is 12.8. The van der Waals surface area contributed by atoms with Crippen LogP contribution in [0.5, 0.6) is 0 Å². The first-order valence-electron chi connectivity index (χ1n) is 6.84. The summed E-state index contributed by atoms with van der Waals surface area (Å²) >= 11 is 5.83. The molecular formula is C15H13ClFN3O4S. The number of benzene rings is 2. The van der Waals surface area contributed by atoms with Gasteiger partial charge in [0.25, 0.3) is 11.8 Å². The van der Waals surface area contributed by atoms with Crippen molar-refractivity contribution in [2.75, 3.05) is 7.05 Å². The van der Waals surface area contributed by atoms with Crippen LogP contribution < -0.4 is 15.6 Å². The molecule has 2 aromatic rings. The van der Waals surface area contributed by atoms with E-state index in [-0.39, 0.29) is 21.0 Å². The Bertz CT molecular complexity index is 934. The summed E-state index contributed by atoms with van der Waals surface area (Å²) in [6, 6.07) is 8.80. The highest BCUT2D eigenvalue weighted by atomic mass is 35.5. The zero-order chi connectivity index (χ0) is 18.6. The van der Waals surface area contributed by atoms with E-state index in [1.165, 1.54) is 37.4 Å². The first-order chi connectivity index (χ1) is 11.8. The van der Waals surface area contributed by atoms with E-state index >= 15 is 0 Å². The first-order valence-corrected chi connectivity index (χ1v) is 8.70. The minimum atomic E-state index is -3.86. The number of nitrogens with one attached hydrogen (secondary N) is 3. The van der Waals surface area contributed by atoms with Crippen molar-refractivity contribution < 1.29 is 22.4 Å². The fourth-order valence-corrected chi connectivity index (χ4v) is 3.11. The molecule has 0 radical (unpaired) electrons. The summed E-state index contributed by atoms with van der Waals surface area (Å²) in [7, 11) is -2.66. The van der Waals surface area contributed by atoms with Gasteiger partial charge in [-0.15, -0.1) is 0 Å². The van der Waals surface area contributed by atoms with Crippen molar-refractivity contribution in [3.8, 4) is 0 Å². The Morgan fingerprint density at radius 2 is 1.68 bits per heavy atom. The van der Waals surface area contributed by atoms with Gasteiger partial charge in [0.05, 0.1) is 10.6 Å². The Hall–Kier alpha value is -2.49. The number of rotatable bonds is 4. The Labute approximate surface area is 148 Å². The monoisotopic (exact) mass is 385 g/mol. The first kappa shape index (κ1) is 18.8. The minimum Gasteiger partial charge on any atom is -0.267 e. The number of sulfonamides is 1. The molecule has 0 fully saturated rings. The molecule has 0 saturated heterocycles. The molecule has 0 saturated carbocycles. The van der Waals surface area contributed by atoms with E-state index in [4.69, 9.17) is 11.6 Å². The molecule has 0 aliphatic carbocycles. The Morgan fingerprint density at radius 3 is 2.32 bits per heavy atom. The molecule has 0 unspecified atom stereocenters. The second-order valence-corrected chi connectivity index (χ2v) is 7.00.